The first-order chi connectivity index (χ1) is 39.3. The molecule has 2 aromatic carbocycles. The molecule has 2 atom stereocenters. The molecule has 1 N–H and O–H groups in total. The molecule has 3 aromatic heterocycles. The van der Waals surface area contributed by atoms with E-state index < -0.39 is 49.2 Å². The Labute approximate surface area is 498 Å². The lowest BCUT2D eigenvalue weighted by Crippen LogP contribution is -2.46. The first-order valence-electron chi connectivity index (χ1n) is 28.6. The minimum Gasteiger partial charge on any atom is -0.594 e. The smallest absolute Gasteiger partial charge is 0.493 e. The van der Waals surface area contributed by atoms with Crippen molar-refractivity contribution in [2.24, 2.45) is 28.1 Å². The number of hydrogen-bond donors (Lipinski definition) is 1. The predicted octanol–water partition coefficient (Wildman–Crippen LogP) is 7.62. The summed E-state index contributed by atoms with van der Waals surface area (Å²) in [5.41, 5.74) is 3.52. The van der Waals surface area contributed by atoms with Crippen molar-refractivity contribution in [1.29, 1.82) is 0 Å². The van der Waals surface area contributed by atoms with Crippen molar-refractivity contribution in [2.75, 3.05) is 115 Å². The maximum Gasteiger partial charge on any atom is 0.493 e. The summed E-state index contributed by atoms with van der Waals surface area (Å²) in [4.78, 5) is 28.0. The Kier molecular flexibility index (Phi) is 23.1. The molecule has 0 saturated carbocycles. The number of methoxy groups -OCH3 is 4. The standard InChI is InChI=1S/C27H39N3O6S.C21H29N3O2.C12H19N3O4S.CH4/c1-27(2,3)36-26(31)18-37(32,33)30-12-6-7-20(17-30)19-9-13-29(14-10-19)23-8-11-28-22-16-25(35-5)24(34-4)15-21(22)23;1-25-20-12-17-18(13-21(20)26-2)23-9-5-19(17)24-10-6-15(7-11-24)16-4-3-8-22-14-16;1-12(2,3)19-11(16)13-20(17,18)15-8-6-10(7-9-15)14(4)5;/h8,11,15-16,19-20H,6-7,9-10,12-14,17-18H2,1-5H3;5,9,12-13,15-16,22H,3-4,6-8,10-11,14H2,1-2H3;6-9H,1-5H3;1H4. The summed E-state index contributed by atoms with van der Waals surface area (Å²) >= 11 is 0. The number of nitrogens with one attached hydrogen (secondary N) is 1. The largest absolute Gasteiger partial charge is 0.594 e. The average molecular weight is 1210 g/mol. The lowest BCUT2D eigenvalue weighted by atomic mass is 9.80. The number of ether oxygens (including phenoxy) is 6. The molecule has 0 aliphatic carbocycles. The van der Waals surface area contributed by atoms with Crippen LogP contribution in [0.5, 0.6) is 23.0 Å². The van der Waals surface area contributed by atoms with Gasteiger partial charge in [-0.15, -0.1) is 8.42 Å². The topological polar surface area (TPSA) is 231 Å². The van der Waals surface area contributed by atoms with Crippen molar-refractivity contribution in [3.05, 3.63) is 73.3 Å². The monoisotopic (exact) mass is 1210 g/mol. The summed E-state index contributed by atoms with van der Waals surface area (Å²) in [6, 6.07) is 15.3. The molecule has 4 saturated heterocycles. The van der Waals surface area contributed by atoms with Gasteiger partial charge in [-0.3, -0.25) is 14.8 Å². The van der Waals surface area contributed by atoms with Crippen molar-refractivity contribution < 1.29 is 59.1 Å². The highest BCUT2D eigenvalue weighted by Gasteiger charge is 2.37. The van der Waals surface area contributed by atoms with E-state index in [2.05, 4.69) is 41.6 Å². The fraction of sp³-hybridized carbons (Fsp3) is 0.590. The van der Waals surface area contributed by atoms with E-state index in [0.29, 0.717) is 36.4 Å². The van der Waals surface area contributed by atoms with Crippen LogP contribution >= 0.6 is 0 Å². The van der Waals surface area contributed by atoms with Crippen LogP contribution in [0.25, 0.3) is 21.8 Å². The molecule has 0 amide bonds. The van der Waals surface area contributed by atoms with Crippen LogP contribution in [0.15, 0.2) is 77.7 Å². The minimum atomic E-state index is -4.13. The van der Waals surface area contributed by atoms with Crippen LogP contribution in [0.1, 0.15) is 100 Å². The third kappa shape index (κ3) is 17.8. The van der Waals surface area contributed by atoms with Crippen LogP contribution in [0.3, 0.4) is 0 Å². The Balaban J connectivity index is 0.000000212. The Morgan fingerprint density at radius 1 is 0.667 bits per heavy atom. The lowest BCUT2D eigenvalue weighted by Gasteiger charge is -2.41. The molecule has 464 valence electrons. The highest BCUT2D eigenvalue weighted by molar-refractivity contribution is 7.89. The van der Waals surface area contributed by atoms with Crippen LogP contribution in [0.2, 0.25) is 0 Å². The third-order valence-corrected chi connectivity index (χ3v) is 18.4. The number of piperidine rings is 4. The van der Waals surface area contributed by atoms with Gasteiger partial charge in [0, 0.05) is 123 Å². The maximum atomic E-state index is 13.0. The number of nitrogens with zero attached hydrogens (tertiary/aromatic N) is 8. The molecule has 21 nitrogen and oxygen atoms in total. The number of fused-ring (bicyclic) bond motifs is 2. The normalized spacial score (nSPS) is 18.7. The number of rotatable bonds is 14. The third-order valence-electron chi connectivity index (χ3n) is 15.6. The highest BCUT2D eigenvalue weighted by Crippen LogP contribution is 2.41. The van der Waals surface area contributed by atoms with Gasteiger partial charge in [-0.05, 0) is 133 Å². The summed E-state index contributed by atoms with van der Waals surface area (Å²) in [7, 11) is 2.44. The molecular formula is C61H91N9O12S2. The van der Waals surface area contributed by atoms with Crippen LogP contribution in [-0.4, -0.2) is 155 Å². The Hall–Kier alpha value is -6.43. The maximum absolute atomic E-state index is 13.0. The summed E-state index contributed by atoms with van der Waals surface area (Å²) in [5.74, 6) is 3.99. The van der Waals surface area contributed by atoms with Crippen molar-refractivity contribution >= 4 is 71.2 Å². The van der Waals surface area contributed by atoms with Crippen LogP contribution in [0.4, 0.5) is 17.1 Å². The zero-order valence-electron chi connectivity index (χ0n) is 50.6. The van der Waals surface area contributed by atoms with E-state index in [1.807, 2.05) is 55.7 Å². The van der Waals surface area contributed by atoms with E-state index in [-0.39, 0.29) is 7.43 Å². The van der Waals surface area contributed by atoms with E-state index >= 15 is 0 Å². The second kappa shape index (κ2) is 29.1. The van der Waals surface area contributed by atoms with E-state index in [4.69, 9.17) is 28.4 Å². The molecule has 5 aromatic rings. The molecule has 0 spiro atoms. The van der Waals surface area contributed by atoms with Gasteiger partial charge in [-0.1, -0.05) is 36.6 Å². The quantitative estimate of drug-likeness (QED) is 0.0488. The van der Waals surface area contributed by atoms with Crippen LogP contribution in [-0.2, 0) is 34.5 Å². The van der Waals surface area contributed by atoms with Gasteiger partial charge in [-0.25, -0.2) is 12.7 Å². The number of benzene rings is 2. The molecular weight excluding hydrogens is 1110 g/mol. The minimum absolute atomic E-state index is 0. The Morgan fingerprint density at radius 3 is 1.57 bits per heavy atom. The van der Waals surface area contributed by atoms with E-state index in [1.54, 1.807) is 82.1 Å². The number of sulfonamides is 1. The molecule has 0 radical (unpaired) electrons. The van der Waals surface area contributed by atoms with Gasteiger partial charge in [0.05, 0.1) is 39.5 Å². The van der Waals surface area contributed by atoms with Gasteiger partial charge in [0.2, 0.25) is 10.0 Å². The number of hydrogen-bond acceptors (Lipinski definition) is 18. The van der Waals surface area contributed by atoms with Gasteiger partial charge >= 0.3 is 16.2 Å². The molecule has 7 heterocycles. The number of carbonyl (C=O) groups excluding carboxylic acids is 1. The summed E-state index contributed by atoms with van der Waals surface area (Å²) < 4.78 is 87.1. The zero-order chi connectivity index (χ0) is 60.3. The number of esters is 1. The lowest BCUT2D eigenvalue weighted by molar-refractivity contribution is -0.511. The first-order valence-corrected chi connectivity index (χ1v) is 31.6. The predicted molar refractivity (Wildman–Crippen MR) is 329 cm³/mol. The fourth-order valence-electron chi connectivity index (χ4n) is 11.5. The molecule has 4 aliphatic heterocycles. The molecule has 23 heteroatoms. The number of anilines is 3. The van der Waals surface area contributed by atoms with Gasteiger partial charge in [-0.2, -0.15) is 0 Å². The Bertz CT molecular complexity index is 3220. The number of pyridine rings is 3. The van der Waals surface area contributed by atoms with Crippen molar-refractivity contribution in [2.45, 2.75) is 112 Å². The van der Waals surface area contributed by atoms with Crippen molar-refractivity contribution in [3.8, 4) is 23.0 Å². The van der Waals surface area contributed by atoms with Crippen LogP contribution < -0.4 is 48.0 Å². The van der Waals surface area contributed by atoms with Gasteiger partial charge in [0.1, 0.15) is 5.60 Å². The average Bonchev–Trinajstić information content (AvgIpc) is 3.46. The fourth-order valence-corrected chi connectivity index (χ4v) is 13.6. The van der Waals surface area contributed by atoms with Gasteiger partial charge in [0.25, 0.3) is 0 Å². The number of aromatic nitrogens is 3. The highest BCUT2D eigenvalue weighted by atomic mass is 32.2. The Morgan fingerprint density at radius 2 is 1.13 bits per heavy atom. The first kappa shape index (κ1) is 66.7. The van der Waals surface area contributed by atoms with Crippen LogP contribution in [0, 0.1) is 23.7 Å². The second-order valence-electron chi connectivity index (χ2n) is 23.8. The van der Waals surface area contributed by atoms with Crippen molar-refractivity contribution in [1.82, 2.24) is 19.6 Å². The number of carbonyl (C=O) groups is 1. The molecule has 84 heavy (non-hydrogen) atoms. The van der Waals surface area contributed by atoms with E-state index in [1.165, 1.54) is 61.2 Å². The summed E-state index contributed by atoms with van der Waals surface area (Å²) in [6.45, 7) is 17.5. The van der Waals surface area contributed by atoms with Gasteiger partial charge < -0.3 is 53.5 Å². The second-order valence-corrected chi connectivity index (χ2v) is 27.3. The van der Waals surface area contributed by atoms with E-state index in [0.717, 1.165) is 112 Å². The van der Waals surface area contributed by atoms with Crippen molar-refractivity contribution in [3.63, 3.8) is 0 Å². The van der Waals surface area contributed by atoms with Gasteiger partial charge in [0.15, 0.2) is 47.2 Å². The summed E-state index contributed by atoms with van der Waals surface area (Å²) in [6.07, 6.45) is 14.3. The molecule has 4 aliphatic rings. The van der Waals surface area contributed by atoms with E-state index in [9.17, 15) is 26.7 Å². The zero-order valence-corrected chi connectivity index (χ0v) is 52.2. The summed E-state index contributed by atoms with van der Waals surface area (Å²) in [5, 5.41) is 17.2. The molecule has 9 rings (SSSR count). The molecule has 2 unspecified atom stereocenters. The SMILES string of the molecule is C.CN(C)c1cc[n+](S(=O)(=O)N=C([O-])OC(C)(C)C)cc1.COc1cc2nccc(N3CCC(C4CCCN(S(=O)(=O)CC(=O)OC(C)(C)C)C4)CC3)c2cc1OC.COc1cc2nccc(N3CCC(C4CCCNC4)CC3)c2cc1OC. The molecule has 4 fully saturated rings. The molecule has 0 bridgehead atoms.